The summed E-state index contributed by atoms with van der Waals surface area (Å²) in [5, 5.41) is 23.4. The lowest BCUT2D eigenvalue weighted by atomic mass is 10.2. The molecule has 0 bridgehead atoms. The van der Waals surface area contributed by atoms with E-state index in [4.69, 9.17) is 9.47 Å². The molecule has 4 rings (SSSR count). The SMILES string of the molecule is CC(C)(C)OC(=O)N[C@@H](CC(=O)O)Cn1nnc(-c2ccc(Oc3ncc(-c4cncs4)cc3F)cc2F)n1. The summed E-state index contributed by atoms with van der Waals surface area (Å²) >= 11 is 1.33. The fourth-order valence-electron chi connectivity index (χ4n) is 3.32. The van der Waals surface area contributed by atoms with Gasteiger partial charge in [-0.2, -0.15) is 4.80 Å². The number of rotatable bonds is 9. The maximum absolute atomic E-state index is 14.9. The van der Waals surface area contributed by atoms with Crippen molar-refractivity contribution in [2.75, 3.05) is 0 Å². The third kappa shape index (κ3) is 7.50. The lowest BCUT2D eigenvalue weighted by molar-refractivity contribution is -0.137. The minimum atomic E-state index is -1.16. The number of carbonyl (C=O) groups is 2. The van der Waals surface area contributed by atoms with Gasteiger partial charge in [0.25, 0.3) is 5.88 Å². The molecule has 39 heavy (non-hydrogen) atoms. The molecule has 15 heteroatoms. The number of thiazole rings is 1. The highest BCUT2D eigenvalue weighted by atomic mass is 32.1. The summed E-state index contributed by atoms with van der Waals surface area (Å²) in [5.74, 6) is -3.11. The van der Waals surface area contributed by atoms with Gasteiger partial charge in [-0.05, 0) is 44.2 Å². The molecular weight excluding hydrogens is 536 g/mol. The Hall–Kier alpha value is -4.53. The molecule has 3 aromatic heterocycles. The quantitative estimate of drug-likeness (QED) is 0.303. The van der Waals surface area contributed by atoms with Gasteiger partial charge in [0.05, 0.1) is 35.0 Å². The Labute approximate surface area is 224 Å². The van der Waals surface area contributed by atoms with Gasteiger partial charge in [0.2, 0.25) is 5.82 Å². The molecule has 0 spiro atoms. The summed E-state index contributed by atoms with van der Waals surface area (Å²) < 4.78 is 40.0. The van der Waals surface area contributed by atoms with Crippen molar-refractivity contribution < 1.29 is 33.0 Å². The second-order valence-corrected chi connectivity index (χ2v) is 10.1. The Morgan fingerprint density at radius 2 is 1.97 bits per heavy atom. The van der Waals surface area contributed by atoms with Crippen molar-refractivity contribution in [1.29, 1.82) is 0 Å². The number of halogens is 2. The summed E-state index contributed by atoms with van der Waals surface area (Å²) in [6, 6.07) is 4.05. The number of nitrogens with one attached hydrogen (secondary N) is 1. The normalized spacial score (nSPS) is 12.1. The first kappa shape index (κ1) is 27.5. The van der Waals surface area contributed by atoms with E-state index in [1.54, 1.807) is 32.5 Å². The number of ether oxygens (including phenoxy) is 2. The Balaban J connectivity index is 1.45. The molecule has 2 N–H and O–H groups in total. The lowest BCUT2D eigenvalue weighted by Crippen LogP contribution is -2.42. The second kappa shape index (κ2) is 11.5. The van der Waals surface area contributed by atoms with Crippen molar-refractivity contribution in [3.05, 3.63) is 53.8 Å². The van der Waals surface area contributed by atoms with Crippen LogP contribution in [0, 0.1) is 11.6 Å². The van der Waals surface area contributed by atoms with Gasteiger partial charge in [-0.1, -0.05) is 0 Å². The summed E-state index contributed by atoms with van der Waals surface area (Å²) in [6.07, 6.45) is 1.77. The fraction of sp³-hybridized carbons (Fsp3) is 0.292. The van der Waals surface area contributed by atoms with E-state index in [-0.39, 0.29) is 29.6 Å². The zero-order valence-corrected chi connectivity index (χ0v) is 21.8. The van der Waals surface area contributed by atoms with Gasteiger partial charge in [-0.3, -0.25) is 9.78 Å². The van der Waals surface area contributed by atoms with Crippen LogP contribution in [0.25, 0.3) is 21.8 Å². The highest BCUT2D eigenvalue weighted by molar-refractivity contribution is 7.13. The average molecular weight is 560 g/mol. The van der Waals surface area contributed by atoms with Crippen LogP contribution < -0.4 is 10.1 Å². The molecule has 0 radical (unpaired) electrons. The Bertz CT molecular complexity index is 1470. The summed E-state index contributed by atoms with van der Waals surface area (Å²) in [7, 11) is 0. The second-order valence-electron chi connectivity index (χ2n) is 9.23. The number of amides is 1. The van der Waals surface area contributed by atoms with E-state index in [1.807, 2.05) is 0 Å². The van der Waals surface area contributed by atoms with Gasteiger partial charge in [-0.25, -0.2) is 18.6 Å². The number of pyridine rings is 1. The van der Waals surface area contributed by atoms with Crippen LogP contribution in [0.15, 0.2) is 42.2 Å². The molecule has 0 aliphatic carbocycles. The van der Waals surface area contributed by atoms with E-state index in [0.717, 1.165) is 15.7 Å². The number of aromatic nitrogens is 6. The molecule has 1 amide bonds. The van der Waals surface area contributed by atoms with Gasteiger partial charge >= 0.3 is 12.1 Å². The van der Waals surface area contributed by atoms with Gasteiger partial charge in [-0.15, -0.1) is 21.5 Å². The number of carboxylic acid groups (broad SMARTS) is 1. The molecular formula is C24H23F2N7O5S. The van der Waals surface area contributed by atoms with E-state index < -0.39 is 41.8 Å². The number of alkyl carbamates (subject to hydrolysis) is 1. The molecule has 0 aliphatic rings. The number of carbonyl (C=O) groups excluding carboxylic acids is 1. The highest BCUT2D eigenvalue weighted by Crippen LogP contribution is 2.30. The molecule has 12 nitrogen and oxygen atoms in total. The van der Waals surface area contributed by atoms with Crippen molar-refractivity contribution >= 4 is 23.4 Å². The third-order valence-corrected chi connectivity index (χ3v) is 5.72. The number of benzene rings is 1. The summed E-state index contributed by atoms with van der Waals surface area (Å²) in [5.41, 5.74) is 1.34. The number of aliphatic carboxylic acids is 1. The lowest BCUT2D eigenvalue weighted by Gasteiger charge is -2.22. The monoisotopic (exact) mass is 559 g/mol. The molecule has 204 valence electrons. The van der Waals surface area contributed by atoms with Crippen LogP contribution in [-0.4, -0.2) is 59.0 Å². The topological polar surface area (TPSA) is 154 Å². The Morgan fingerprint density at radius 1 is 1.18 bits per heavy atom. The van der Waals surface area contributed by atoms with E-state index in [1.165, 1.54) is 35.7 Å². The number of hydrogen-bond donors (Lipinski definition) is 2. The van der Waals surface area contributed by atoms with Gasteiger partial charge in [0.15, 0.2) is 5.82 Å². The number of hydrogen-bond acceptors (Lipinski definition) is 10. The van der Waals surface area contributed by atoms with E-state index in [9.17, 15) is 23.5 Å². The first-order valence-corrected chi connectivity index (χ1v) is 12.4. The maximum atomic E-state index is 14.9. The summed E-state index contributed by atoms with van der Waals surface area (Å²) in [6.45, 7) is 4.84. The first-order valence-electron chi connectivity index (χ1n) is 11.5. The van der Waals surface area contributed by atoms with Crippen LogP contribution >= 0.6 is 11.3 Å². The standard InChI is InChI=1S/C24H23F2N7O5S/c1-24(2,3)38-23(36)29-14(7-20(34)35)11-33-31-21(30-32-33)16-5-4-15(8-17(16)25)37-22-18(26)6-13(9-28-22)19-10-27-12-39-19/h4-6,8-10,12,14H,7,11H2,1-3H3,(H,29,36)(H,34,35)/t14-/m0/s1. The van der Waals surface area contributed by atoms with Crippen molar-refractivity contribution in [2.45, 2.75) is 45.4 Å². The molecule has 0 saturated carbocycles. The Kier molecular flexibility index (Phi) is 8.09. The minimum absolute atomic E-state index is 0.0105. The van der Waals surface area contributed by atoms with Crippen LogP contribution in [0.4, 0.5) is 13.6 Å². The van der Waals surface area contributed by atoms with Crippen LogP contribution in [0.2, 0.25) is 0 Å². The number of nitrogens with zero attached hydrogens (tertiary/aromatic N) is 6. The molecule has 1 atom stereocenters. The molecule has 1 aromatic carbocycles. The van der Waals surface area contributed by atoms with E-state index >= 15 is 0 Å². The van der Waals surface area contributed by atoms with Crippen molar-refractivity contribution in [1.82, 2.24) is 35.5 Å². The maximum Gasteiger partial charge on any atom is 0.407 e. The van der Waals surface area contributed by atoms with Gasteiger partial charge < -0.3 is 19.9 Å². The van der Waals surface area contributed by atoms with Crippen LogP contribution in [0.1, 0.15) is 27.2 Å². The predicted molar refractivity (Wildman–Crippen MR) is 134 cm³/mol. The van der Waals surface area contributed by atoms with Gasteiger partial charge in [0, 0.05) is 24.0 Å². The largest absolute Gasteiger partial charge is 0.481 e. The molecule has 0 unspecified atom stereocenters. The summed E-state index contributed by atoms with van der Waals surface area (Å²) in [4.78, 5) is 33.0. The Morgan fingerprint density at radius 3 is 2.62 bits per heavy atom. The minimum Gasteiger partial charge on any atom is -0.481 e. The number of tetrazole rings is 1. The van der Waals surface area contributed by atoms with Crippen LogP contribution in [0.3, 0.4) is 0 Å². The van der Waals surface area contributed by atoms with Crippen molar-refractivity contribution in [3.8, 4) is 33.5 Å². The average Bonchev–Trinajstić information content (AvgIpc) is 3.51. The van der Waals surface area contributed by atoms with Crippen molar-refractivity contribution in [3.63, 3.8) is 0 Å². The van der Waals surface area contributed by atoms with Crippen LogP contribution in [0.5, 0.6) is 11.6 Å². The smallest absolute Gasteiger partial charge is 0.407 e. The molecule has 0 saturated heterocycles. The molecule has 4 aromatic rings. The van der Waals surface area contributed by atoms with Crippen LogP contribution in [-0.2, 0) is 16.1 Å². The van der Waals surface area contributed by atoms with E-state index in [2.05, 4.69) is 30.7 Å². The number of carboxylic acids is 1. The third-order valence-electron chi connectivity index (χ3n) is 4.90. The van der Waals surface area contributed by atoms with Crippen molar-refractivity contribution in [2.24, 2.45) is 0 Å². The first-order chi connectivity index (χ1) is 18.5. The molecule has 0 fully saturated rings. The molecule has 0 aliphatic heterocycles. The predicted octanol–water partition coefficient (Wildman–Crippen LogP) is 4.30. The zero-order valence-electron chi connectivity index (χ0n) is 21.0. The highest BCUT2D eigenvalue weighted by Gasteiger charge is 2.23. The fourth-order valence-corrected chi connectivity index (χ4v) is 3.92. The van der Waals surface area contributed by atoms with E-state index in [0.29, 0.717) is 5.56 Å². The zero-order chi connectivity index (χ0) is 28.2. The van der Waals surface area contributed by atoms with Gasteiger partial charge in [0.1, 0.15) is 17.2 Å². The molecule has 3 heterocycles.